The van der Waals surface area contributed by atoms with Crippen molar-refractivity contribution < 1.29 is 12.3 Å². The van der Waals surface area contributed by atoms with Crippen LogP contribution in [0.3, 0.4) is 0 Å². The Hall–Kier alpha value is 0.748. The van der Waals surface area contributed by atoms with Crippen LogP contribution >= 0.6 is 0 Å². The maximum atomic E-state index is 6.16. The molecule has 0 rings (SSSR count). The minimum Gasteiger partial charge on any atom is -0.442 e. The Kier molecular flexibility index (Phi) is 6.70. The summed E-state index contributed by atoms with van der Waals surface area (Å²) in [6.45, 7) is 12.9. The fraction of sp³-hybridized carbons (Fsp3) is 1.00. The molecule has 0 saturated heterocycles. The van der Waals surface area contributed by atoms with Gasteiger partial charge in [-0.1, -0.05) is 20.0 Å². The predicted molar refractivity (Wildman–Crippen MR) is 71.7 cm³/mol. The summed E-state index contributed by atoms with van der Waals surface area (Å²) in [4.78, 5) is 0. The quantitative estimate of drug-likeness (QED) is 0.647. The van der Waals surface area contributed by atoms with Gasteiger partial charge in [0, 0.05) is 0 Å². The fourth-order valence-electron chi connectivity index (χ4n) is 1.41. The van der Waals surface area contributed by atoms with E-state index in [0.29, 0.717) is 0 Å². The molecule has 0 heterocycles. The summed E-state index contributed by atoms with van der Waals surface area (Å²) in [5.41, 5.74) is 0. The molecule has 0 saturated carbocycles. The van der Waals surface area contributed by atoms with Crippen LogP contribution in [-0.4, -0.2) is 36.6 Å². The lowest BCUT2D eigenvalue weighted by molar-refractivity contribution is 0.341. The van der Waals surface area contributed by atoms with Crippen molar-refractivity contribution in [2.75, 3.05) is 0 Å². The Labute approximate surface area is 94.9 Å². The Bertz CT molecular complexity index is 167. The Morgan fingerprint density at radius 1 is 1.00 bits per heavy atom. The molecule has 7 heteroatoms. The maximum absolute atomic E-state index is 6.16. The molecule has 1 unspecified atom stereocenters. The van der Waals surface area contributed by atoms with E-state index in [1.165, 1.54) is 0 Å². The second-order valence-corrected chi connectivity index (χ2v) is 13.9. The van der Waals surface area contributed by atoms with Crippen molar-refractivity contribution in [3.05, 3.63) is 0 Å². The fourth-order valence-corrected chi connectivity index (χ4v) is 13.7. The molecule has 0 aliphatic rings. The smallest absolute Gasteiger partial charge is 0.315 e. The largest absolute Gasteiger partial charge is 0.442 e. The van der Waals surface area contributed by atoms with Crippen molar-refractivity contribution in [3.63, 3.8) is 0 Å². The van der Waals surface area contributed by atoms with Gasteiger partial charge in [0.05, 0.1) is 0 Å². The van der Waals surface area contributed by atoms with Crippen LogP contribution in [0.5, 0.6) is 0 Å². The molecular formula is C7H24O3Si4. The molecule has 0 aliphatic heterocycles. The van der Waals surface area contributed by atoms with E-state index in [9.17, 15) is 0 Å². The summed E-state index contributed by atoms with van der Waals surface area (Å²) in [5, 5.41) is 0. The SMILES string of the molecule is CC[Si](C)(O[SiH2]C)O[Si](C)(C)O[SiH2]C. The molecule has 0 aromatic carbocycles. The van der Waals surface area contributed by atoms with Gasteiger partial charge in [-0.05, 0) is 25.7 Å². The zero-order valence-corrected chi connectivity index (χ0v) is 15.2. The summed E-state index contributed by atoms with van der Waals surface area (Å²) in [6.07, 6.45) is 0. The highest BCUT2D eigenvalue weighted by atomic mass is 28.5. The topological polar surface area (TPSA) is 27.7 Å². The Morgan fingerprint density at radius 3 is 1.86 bits per heavy atom. The van der Waals surface area contributed by atoms with Crippen LogP contribution in [0.2, 0.25) is 38.8 Å². The van der Waals surface area contributed by atoms with E-state index < -0.39 is 17.1 Å². The highest BCUT2D eigenvalue weighted by molar-refractivity contribution is 6.82. The van der Waals surface area contributed by atoms with E-state index in [4.69, 9.17) is 12.3 Å². The van der Waals surface area contributed by atoms with Crippen molar-refractivity contribution >= 4 is 36.6 Å². The van der Waals surface area contributed by atoms with E-state index in [1.54, 1.807) is 0 Å². The average Bonchev–Trinajstić information content (AvgIpc) is 2.03. The van der Waals surface area contributed by atoms with Crippen LogP contribution in [0.15, 0.2) is 0 Å². The molecule has 14 heavy (non-hydrogen) atoms. The zero-order valence-electron chi connectivity index (χ0n) is 10.3. The second-order valence-electron chi connectivity index (χ2n) is 3.86. The molecule has 3 nitrogen and oxygen atoms in total. The lowest BCUT2D eigenvalue weighted by Crippen LogP contribution is -2.50. The summed E-state index contributed by atoms with van der Waals surface area (Å²) in [5.74, 6) is 0. The molecule has 1 atom stereocenters. The van der Waals surface area contributed by atoms with E-state index in [-0.39, 0.29) is 19.5 Å². The van der Waals surface area contributed by atoms with Crippen LogP contribution in [0.25, 0.3) is 0 Å². The third-order valence-corrected chi connectivity index (χ3v) is 14.6. The normalized spacial score (nSPS) is 18.4. The van der Waals surface area contributed by atoms with E-state index in [0.717, 1.165) is 6.04 Å². The Morgan fingerprint density at radius 2 is 1.50 bits per heavy atom. The third kappa shape index (κ3) is 5.59. The van der Waals surface area contributed by atoms with E-state index >= 15 is 0 Å². The molecule has 0 bridgehead atoms. The minimum absolute atomic E-state index is 0.366. The molecule has 0 spiro atoms. The highest BCUT2D eigenvalue weighted by Gasteiger charge is 2.37. The molecule has 0 N–H and O–H groups in total. The van der Waals surface area contributed by atoms with Gasteiger partial charge in [-0.15, -0.1) is 0 Å². The standard InChI is InChI=1S/C7H24O3Si4/c1-7-14(6,9-12-3)10-13(4,5)8-11-2/h7,11-12H2,1-6H3. The molecule has 0 aliphatic carbocycles. The van der Waals surface area contributed by atoms with Crippen molar-refractivity contribution in [2.45, 2.75) is 45.7 Å². The average molecular weight is 269 g/mol. The number of rotatable bonds is 7. The third-order valence-electron chi connectivity index (χ3n) is 2.05. The summed E-state index contributed by atoms with van der Waals surface area (Å²) in [7, 11) is -4.49. The zero-order chi connectivity index (χ0) is 11.2. The van der Waals surface area contributed by atoms with Crippen molar-refractivity contribution in [2.24, 2.45) is 0 Å². The summed E-state index contributed by atoms with van der Waals surface area (Å²) >= 11 is 0. The van der Waals surface area contributed by atoms with E-state index in [1.807, 2.05) is 0 Å². The van der Waals surface area contributed by atoms with Crippen LogP contribution in [0.4, 0.5) is 0 Å². The monoisotopic (exact) mass is 268 g/mol. The van der Waals surface area contributed by atoms with Crippen LogP contribution in [0.1, 0.15) is 6.92 Å². The van der Waals surface area contributed by atoms with E-state index in [2.05, 4.69) is 39.7 Å². The first-order valence-electron chi connectivity index (χ1n) is 5.37. The van der Waals surface area contributed by atoms with Gasteiger partial charge >= 0.3 is 17.1 Å². The van der Waals surface area contributed by atoms with Gasteiger partial charge in [-0.3, -0.25) is 0 Å². The first-order valence-corrected chi connectivity index (χ1v) is 14.7. The van der Waals surface area contributed by atoms with Gasteiger partial charge in [0.2, 0.25) is 0 Å². The molecule has 86 valence electrons. The Balaban J connectivity index is 4.28. The van der Waals surface area contributed by atoms with Crippen LogP contribution in [0, 0.1) is 0 Å². The molecule has 0 fully saturated rings. The summed E-state index contributed by atoms with van der Waals surface area (Å²) in [6, 6.07) is 1.03. The van der Waals surface area contributed by atoms with Gasteiger partial charge in [0.25, 0.3) is 0 Å². The minimum atomic E-state index is -1.88. The second kappa shape index (κ2) is 6.36. The molecule has 0 aromatic heterocycles. The number of hydrogen-bond acceptors (Lipinski definition) is 3. The van der Waals surface area contributed by atoms with Crippen molar-refractivity contribution in [3.8, 4) is 0 Å². The van der Waals surface area contributed by atoms with Gasteiger partial charge in [0.1, 0.15) is 19.5 Å². The van der Waals surface area contributed by atoms with Crippen LogP contribution < -0.4 is 0 Å². The molecular weight excluding hydrogens is 244 g/mol. The first kappa shape index (κ1) is 14.7. The molecule has 0 radical (unpaired) electrons. The summed E-state index contributed by atoms with van der Waals surface area (Å²) < 4.78 is 17.8. The molecule has 0 amide bonds. The van der Waals surface area contributed by atoms with Gasteiger partial charge < -0.3 is 12.3 Å². The van der Waals surface area contributed by atoms with Crippen LogP contribution in [-0.2, 0) is 12.3 Å². The molecule has 0 aromatic rings. The maximum Gasteiger partial charge on any atom is 0.315 e. The number of hydrogen-bond donors (Lipinski definition) is 0. The van der Waals surface area contributed by atoms with Crippen molar-refractivity contribution in [1.29, 1.82) is 0 Å². The first-order chi connectivity index (χ1) is 6.39. The lowest BCUT2D eigenvalue weighted by Gasteiger charge is -2.34. The van der Waals surface area contributed by atoms with Gasteiger partial charge in [-0.2, -0.15) is 0 Å². The highest BCUT2D eigenvalue weighted by Crippen LogP contribution is 2.19. The van der Waals surface area contributed by atoms with Crippen molar-refractivity contribution in [1.82, 2.24) is 0 Å². The van der Waals surface area contributed by atoms with Gasteiger partial charge in [-0.25, -0.2) is 0 Å². The lowest BCUT2D eigenvalue weighted by atomic mass is 11.0. The predicted octanol–water partition coefficient (Wildman–Crippen LogP) is 1.09. The van der Waals surface area contributed by atoms with Gasteiger partial charge in [0.15, 0.2) is 0 Å².